The number of benzene rings is 1. The van der Waals surface area contributed by atoms with Crippen LogP contribution in [0.3, 0.4) is 0 Å². The van der Waals surface area contributed by atoms with E-state index in [1.807, 2.05) is 26.0 Å². The summed E-state index contributed by atoms with van der Waals surface area (Å²) >= 11 is 0. The first kappa shape index (κ1) is 13.1. The third-order valence-electron chi connectivity index (χ3n) is 3.47. The molecule has 6 heteroatoms. The Bertz CT molecular complexity index is 867. The van der Waals surface area contributed by atoms with Crippen LogP contribution in [0.1, 0.15) is 21.5 Å². The largest absolute Gasteiger partial charge is 0.477 e. The van der Waals surface area contributed by atoms with Crippen LogP contribution in [-0.2, 0) is 0 Å². The van der Waals surface area contributed by atoms with Crippen LogP contribution in [0, 0.1) is 13.8 Å². The molecule has 2 heterocycles. The van der Waals surface area contributed by atoms with Gasteiger partial charge in [-0.3, -0.25) is 0 Å². The number of nitrogens with zero attached hydrogens (tertiary/aromatic N) is 3. The third kappa shape index (κ3) is 2.01. The number of aryl methyl sites for hydroxylation is 2. The van der Waals surface area contributed by atoms with Crippen molar-refractivity contribution in [1.82, 2.24) is 14.6 Å². The monoisotopic (exact) mass is 282 g/mol. The number of rotatable bonds is 2. The summed E-state index contributed by atoms with van der Waals surface area (Å²) in [6.45, 7) is 4.02. The van der Waals surface area contributed by atoms with Gasteiger partial charge < -0.3 is 10.8 Å². The fourth-order valence-electron chi connectivity index (χ4n) is 2.42. The summed E-state index contributed by atoms with van der Waals surface area (Å²) < 4.78 is 1.36. The summed E-state index contributed by atoms with van der Waals surface area (Å²) in [7, 11) is 0. The zero-order valence-electron chi connectivity index (χ0n) is 11.7. The van der Waals surface area contributed by atoms with E-state index in [4.69, 9.17) is 10.8 Å². The minimum Gasteiger partial charge on any atom is -0.477 e. The smallest absolute Gasteiger partial charge is 0.341 e. The number of carboxylic acid groups (broad SMARTS) is 1. The lowest BCUT2D eigenvalue weighted by Crippen LogP contribution is -2.05. The van der Waals surface area contributed by atoms with Gasteiger partial charge in [-0.15, -0.1) is 0 Å². The van der Waals surface area contributed by atoms with Crippen LogP contribution in [0.15, 0.2) is 30.6 Å². The van der Waals surface area contributed by atoms with E-state index in [2.05, 4.69) is 16.1 Å². The molecule has 0 fully saturated rings. The first-order valence-corrected chi connectivity index (χ1v) is 6.42. The molecular formula is C15H14N4O2. The summed E-state index contributed by atoms with van der Waals surface area (Å²) in [6, 6.07) is 6.04. The maximum Gasteiger partial charge on any atom is 0.341 e. The predicted molar refractivity (Wildman–Crippen MR) is 79.3 cm³/mol. The van der Waals surface area contributed by atoms with Gasteiger partial charge in [0.15, 0.2) is 5.65 Å². The molecular weight excluding hydrogens is 268 g/mol. The Morgan fingerprint density at radius 3 is 2.67 bits per heavy atom. The first-order valence-electron chi connectivity index (χ1n) is 6.42. The van der Waals surface area contributed by atoms with Crippen LogP contribution in [0.4, 0.5) is 5.82 Å². The van der Waals surface area contributed by atoms with Gasteiger partial charge in [-0.25, -0.2) is 9.78 Å². The molecule has 0 spiro atoms. The van der Waals surface area contributed by atoms with Crippen LogP contribution in [-0.4, -0.2) is 25.7 Å². The van der Waals surface area contributed by atoms with Crippen molar-refractivity contribution in [2.75, 3.05) is 5.73 Å². The number of hydrogen-bond acceptors (Lipinski definition) is 4. The number of anilines is 1. The second kappa shape index (κ2) is 4.59. The van der Waals surface area contributed by atoms with E-state index in [1.165, 1.54) is 10.7 Å². The maximum atomic E-state index is 11.1. The highest BCUT2D eigenvalue weighted by molar-refractivity contribution is 5.95. The summed E-state index contributed by atoms with van der Waals surface area (Å²) in [5, 5.41) is 13.1. The highest BCUT2D eigenvalue weighted by atomic mass is 16.4. The average molecular weight is 282 g/mol. The van der Waals surface area contributed by atoms with Gasteiger partial charge in [-0.1, -0.05) is 23.8 Å². The van der Waals surface area contributed by atoms with Crippen molar-refractivity contribution in [3.63, 3.8) is 0 Å². The lowest BCUT2D eigenvalue weighted by molar-refractivity contribution is 0.0699. The van der Waals surface area contributed by atoms with Gasteiger partial charge in [-0.2, -0.15) is 9.61 Å². The SMILES string of the molecule is Cc1ccc(-c2cnc3c(C(=O)O)cnn3c2N)c(C)c1. The van der Waals surface area contributed by atoms with E-state index >= 15 is 0 Å². The molecule has 106 valence electrons. The molecule has 0 aliphatic heterocycles. The molecule has 0 unspecified atom stereocenters. The minimum absolute atomic E-state index is 0.0360. The van der Waals surface area contributed by atoms with Crippen molar-refractivity contribution in [3.8, 4) is 11.1 Å². The summed E-state index contributed by atoms with van der Waals surface area (Å²) in [6.07, 6.45) is 2.85. The molecule has 3 N–H and O–H groups in total. The molecule has 0 radical (unpaired) electrons. The molecule has 21 heavy (non-hydrogen) atoms. The molecule has 0 saturated heterocycles. The second-order valence-corrected chi connectivity index (χ2v) is 4.97. The molecule has 0 bridgehead atoms. The van der Waals surface area contributed by atoms with Crippen molar-refractivity contribution >= 4 is 17.4 Å². The Hall–Kier alpha value is -2.89. The maximum absolute atomic E-state index is 11.1. The van der Waals surface area contributed by atoms with Gasteiger partial charge in [-0.05, 0) is 25.0 Å². The van der Waals surface area contributed by atoms with Crippen molar-refractivity contribution in [2.24, 2.45) is 0 Å². The second-order valence-electron chi connectivity index (χ2n) is 4.97. The van der Waals surface area contributed by atoms with E-state index < -0.39 is 5.97 Å². The number of nitrogen functional groups attached to an aromatic ring is 1. The number of carbonyl (C=O) groups is 1. The van der Waals surface area contributed by atoms with Crippen LogP contribution in [0.25, 0.3) is 16.8 Å². The van der Waals surface area contributed by atoms with Gasteiger partial charge in [0.2, 0.25) is 0 Å². The number of hydrogen-bond donors (Lipinski definition) is 2. The Labute approximate surface area is 120 Å². The average Bonchev–Trinajstić information content (AvgIpc) is 2.85. The highest BCUT2D eigenvalue weighted by Crippen LogP contribution is 2.29. The van der Waals surface area contributed by atoms with Gasteiger partial charge in [0.05, 0.1) is 6.20 Å². The molecule has 3 aromatic rings. The summed E-state index contributed by atoms with van der Waals surface area (Å²) in [5.41, 5.74) is 10.4. The Morgan fingerprint density at radius 2 is 2.00 bits per heavy atom. The molecule has 1 aromatic carbocycles. The standard InChI is InChI=1S/C15H14N4O2/c1-8-3-4-10(9(2)5-8)11-6-17-14-12(15(20)21)7-18-19(14)13(11)16/h3-7H,16H2,1-2H3,(H,20,21). The Balaban J connectivity index is 2.25. The molecule has 0 aliphatic carbocycles. The summed E-state index contributed by atoms with van der Waals surface area (Å²) in [5.74, 6) is -0.699. The molecule has 0 aliphatic rings. The van der Waals surface area contributed by atoms with Crippen LogP contribution >= 0.6 is 0 Å². The number of nitrogens with two attached hydrogens (primary N) is 1. The van der Waals surface area contributed by atoms with Gasteiger partial charge in [0.1, 0.15) is 11.4 Å². The molecule has 0 atom stereocenters. The lowest BCUT2D eigenvalue weighted by atomic mass is 10.0. The van der Waals surface area contributed by atoms with E-state index in [9.17, 15) is 4.79 Å². The zero-order valence-corrected chi connectivity index (χ0v) is 11.7. The van der Waals surface area contributed by atoms with Crippen molar-refractivity contribution < 1.29 is 9.90 Å². The number of aromatic nitrogens is 3. The van der Waals surface area contributed by atoms with Gasteiger partial charge >= 0.3 is 5.97 Å². The van der Waals surface area contributed by atoms with Crippen molar-refractivity contribution in [1.29, 1.82) is 0 Å². The predicted octanol–water partition coefficient (Wildman–Crippen LogP) is 2.29. The fourth-order valence-corrected chi connectivity index (χ4v) is 2.42. The quantitative estimate of drug-likeness (QED) is 0.752. The van der Waals surface area contributed by atoms with Crippen LogP contribution in [0.5, 0.6) is 0 Å². The highest BCUT2D eigenvalue weighted by Gasteiger charge is 2.17. The molecule has 2 aromatic heterocycles. The topological polar surface area (TPSA) is 93.5 Å². The van der Waals surface area contributed by atoms with E-state index in [-0.39, 0.29) is 11.2 Å². The normalized spacial score (nSPS) is 11.0. The van der Waals surface area contributed by atoms with Crippen molar-refractivity contribution in [3.05, 3.63) is 47.3 Å². The lowest BCUT2D eigenvalue weighted by Gasteiger charge is -2.10. The minimum atomic E-state index is -1.07. The van der Waals surface area contributed by atoms with Crippen LogP contribution < -0.4 is 5.73 Å². The Morgan fingerprint density at radius 1 is 1.24 bits per heavy atom. The third-order valence-corrected chi connectivity index (χ3v) is 3.47. The molecule has 6 nitrogen and oxygen atoms in total. The van der Waals surface area contributed by atoms with E-state index in [1.54, 1.807) is 6.20 Å². The molecule has 0 saturated carbocycles. The van der Waals surface area contributed by atoms with Crippen molar-refractivity contribution in [2.45, 2.75) is 13.8 Å². The van der Waals surface area contributed by atoms with Gasteiger partial charge in [0, 0.05) is 11.8 Å². The van der Waals surface area contributed by atoms with E-state index in [0.29, 0.717) is 5.82 Å². The number of aromatic carboxylic acids is 1. The number of fused-ring (bicyclic) bond motifs is 1. The van der Waals surface area contributed by atoms with E-state index in [0.717, 1.165) is 22.3 Å². The zero-order chi connectivity index (χ0) is 15.1. The molecule has 3 rings (SSSR count). The van der Waals surface area contributed by atoms with Crippen LogP contribution in [0.2, 0.25) is 0 Å². The fraction of sp³-hybridized carbons (Fsp3) is 0.133. The number of carboxylic acids is 1. The first-order chi connectivity index (χ1) is 9.99. The molecule has 0 amide bonds. The van der Waals surface area contributed by atoms with Gasteiger partial charge in [0.25, 0.3) is 0 Å². The Kier molecular flexibility index (Phi) is 2.86. The summed E-state index contributed by atoms with van der Waals surface area (Å²) in [4.78, 5) is 15.3.